The van der Waals surface area contributed by atoms with Crippen molar-refractivity contribution in [3.63, 3.8) is 0 Å². The lowest BCUT2D eigenvalue weighted by Gasteiger charge is -2.28. The summed E-state index contributed by atoms with van der Waals surface area (Å²) in [6.45, 7) is 8.95. The second-order valence-electron chi connectivity index (χ2n) is 9.66. The molecular weight excluding hydrogens is 440 g/mol. The lowest BCUT2D eigenvalue weighted by molar-refractivity contribution is -0.136. The zero-order valence-corrected chi connectivity index (χ0v) is 21.0. The van der Waals surface area contributed by atoms with Crippen molar-refractivity contribution in [1.82, 2.24) is 4.98 Å². The highest BCUT2D eigenvalue weighted by Gasteiger charge is 2.19. The molecule has 1 aromatic heterocycles. The summed E-state index contributed by atoms with van der Waals surface area (Å²) in [6, 6.07) is 14.3. The fraction of sp³-hybridized carbons (Fsp3) is 0.448. The van der Waals surface area contributed by atoms with Gasteiger partial charge in [0, 0.05) is 37.2 Å². The smallest absolute Gasteiger partial charge is 0.303 e. The molecule has 0 spiro atoms. The van der Waals surface area contributed by atoms with Crippen LogP contribution in [0.1, 0.15) is 68.0 Å². The van der Waals surface area contributed by atoms with E-state index in [1.807, 2.05) is 25.1 Å². The van der Waals surface area contributed by atoms with Crippen LogP contribution in [-0.2, 0) is 17.6 Å². The van der Waals surface area contributed by atoms with Gasteiger partial charge in [-0.25, -0.2) is 4.98 Å². The number of carboxylic acids is 1. The van der Waals surface area contributed by atoms with Gasteiger partial charge in [0.25, 0.3) is 0 Å². The molecule has 6 heteroatoms. The normalized spacial score (nSPS) is 13.9. The maximum absolute atomic E-state index is 10.8. The average Bonchev–Trinajstić information content (AvgIpc) is 3.29. The number of hydrogen-bond acceptors (Lipinski definition) is 5. The molecule has 0 bridgehead atoms. The number of anilines is 1. The Bertz CT molecular complexity index is 1150. The summed E-state index contributed by atoms with van der Waals surface area (Å²) in [4.78, 5) is 18.2. The van der Waals surface area contributed by atoms with Crippen molar-refractivity contribution in [2.75, 3.05) is 24.6 Å². The zero-order chi connectivity index (χ0) is 24.8. The van der Waals surface area contributed by atoms with E-state index in [4.69, 9.17) is 19.2 Å². The first kappa shape index (κ1) is 24.8. The zero-order valence-electron chi connectivity index (χ0n) is 21.0. The SMILES string of the molecule is Cc1cc(OCCc2oc(-c3cccc(N4CCCCC4)c3)nc2C(C)C)ccc1CCC(=O)O. The number of rotatable bonds is 10. The molecule has 0 radical (unpaired) electrons. The highest BCUT2D eigenvalue weighted by Crippen LogP contribution is 2.30. The molecule has 4 rings (SSSR count). The van der Waals surface area contributed by atoms with Gasteiger partial charge in [0.1, 0.15) is 11.5 Å². The number of aliphatic carboxylic acids is 1. The number of carboxylic acid groups (broad SMARTS) is 1. The highest BCUT2D eigenvalue weighted by molar-refractivity contribution is 5.67. The first-order valence-electron chi connectivity index (χ1n) is 12.7. The average molecular weight is 477 g/mol. The van der Waals surface area contributed by atoms with Crippen LogP contribution in [0.2, 0.25) is 0 Å². The van der Waals surface area contributed by atoms with Gasteiger partial charge in [0.2, 0.25) is 5.89 Å². The third-order valence-electron chi connectivity index (χ3n) is 6.61. The van der Waals surface area contributed by atoms with Crippen LogP contribution in [0.25, 0.3) is 11.5 Å². The standard InChI is InChI=1S/C29H36N2O4/c1-20(2)28-26(14-17-34-25-12-10-22(21(3)18-25)11-13-27(32)33)35-29(30-28)23-8-7-9-24(19-23)31-15-5-4-6-16-31/h7-10,12,18-20H,4-6,11,13-17H2,1-3H3,(H,32,33). The molecule has 1 fully saturated rings. The van der Waals surface area contributed by atoms with Gasteiger partial charge in [-0.15, -0.1) is 0 Å². The third-order valence-corrected chi connectivity index (χ3v) is 6.61. The quantitative estimate of drug-likeness (QED) is 0.365. The van der Waals surface area contributed by atoms with Crippen molar-refractivity contribution in [2.24, 2.45) is 0 Å². The van der Waals surface area contributed by atoms with Gasteiger partial charge >= 0.3 is 5.97 Å². The Labute approximate surface area is 207 Å². The molecule has 6 nitrogen and oxygen atoms in total. The molecule has 2 heterocycles. The van der Waals surface area contributed by atoms with E-state index in [1.165, 1.54) is 24.9 Å². The Morgan fingerprint density at radius 3 is 2.63 bits per heavy atom. The molecule has 1 N–H and O–H groups in total. The van der Waals surface area contributed by atoms with Crippen molar-refractivity contribution >= 4 is 11.7 Å². The van der Waals surface area contributed by atoms with E-state index in [0.29, 0.717) is 25.3 Å². The van der Waals surface area contributed by atoms with Gasteiger partial charge in [-0.2, -0.15) is 0 Å². The Balaban J connectivity index is 1.43. The van der Waals surface area contributed by atoms with Crippen LogP contribution in [0.4, 0.5) is 5.69 Å². The largest absolute Gasteiger partial charge is 0.493 e. The van der Waals surface area contributed by atoms with Gasteiger partial charge in [-0.05, 0) is 80.0 Å². The highest BCUT2D eigenvalue weighted by atomic mass is 16.5. The van der Waals surface area contributed by atoms with Crippen molar-refractivity contribution in [3.8, 4) is 17.2 Å². The molecule has 0 amide bonds. The Hall–Kier alpha value is -3.28. The molecule has 1 aliphatic heterocycles. The number of carbonyl (C=O) groups is 1. The summed E-state index contributed by atoms with van der Waals surface area (Å²) in [5.41, 5.74) is 5.30. The number of nitrogens with zero attached hydrogens (tertiary/aromatic N) is 2. The monoisotopic (exact) mass is 476 g/mol. The lowest BCUT2D eigenvalue weighted by atomic mass is 10.0. The van der Waals surface area contributed by atoms with Gasteiger partial charge in [-0.1, -0.05) is 26.0 Å². The third kappa shape index (κ3) is 6.44. The number of aryl methyl sites for hydroxylation is 2. The van der Waals surface area contributed by atoms with E-state index in [2.05, 4.69) is 43.0 Å². The minimum Gasteiger partial charge on any atom is -0.493 e. The van der Waals surface area contributed by atoms with E-state index in [-0.39, 0.29) is 12.3 Å². The number of oxazole rings is 1. The van der Waals surface area contributed by atoms with E-state index >= 15 is 0 Å². The van der Waals surface area contributed by atoms with Gasteiger partial charge in [0.05, 0.1) is 12.3 Å². The van der Waals surface area contributed by atoms with Crippen LogP contribution in [-0.4, -0.2) is 35.8 Å². The van der Waals surface area contributed by atoms with Crippen molar-refractivity contribution in [2.45, 2.75) is 65.2 Å². The van der Waals surface area contributed by atoms with Crippen LogP contribution < -0.4 is 9.64 Å². The summed E-state index contributed by atoms with van der Waals surface area (Å²) in [7, 11) is 0. The molecule has 2 aromatic carbocycles. The van der Waals surface area contributed by atoms with Crippen molar-refractivity contribution in [1.29, 1.82) is 0 Å². The second-order valence-corrected chi connectivity index (χ2v) is 9.66. The molecular formula is C29H36N2O4. The molecule has 0 aliphatic carbocycles. The summed E-state index contributed by atoms with van der Waals surface area (Å²) in [5, 5.41) is 8.91. The minimum atomic E-state index is -0.782. The van der Waals surface area contributed by atoms with E-state index < -0.39 is 5.97 Å². The predicted octanol–water partition coefficient (Wildman–Crippen LogP) is 6.40. The van der Waals surface area contributed by atoms with Crippen LogP contribution >= 0.6 is 0 Å². The van der Waals surface area contributed by atoms with Gasteiger partial charge in [-0.3, -0.25) is 4.79 Å². The second kappa shape index (κ2) is 11.4. The van der Waals surface area contributed by atoms with Crippen LogP contribution in [0.3, 0.4) is 0 Å². The maximum Gasteiger partial charge on any atom is 0.303 e. The topological polar surface area (TPSA) is 75.8 Å². The minimum absolute atomic E-state index is 0.133. The molecule has 0 atom stereocenters. The molecule has 1 saturated heterocycles. The molecule has 0 saturated carbocycles. The number of hydrogen-bond donors (Lipinski definition) is 1. The van der Waals surface area contributed by atoms with Gasteiger partial charge in [0.15, 0.2) is 0 Å². The van der Waals surface area contributed by atoms with E-state index in [0.717, 1.165) is 47.0 Å². The number of ether oxygens (including phenoxy) is 1. The first-order valence-corrected chi connectivity index (χ1v) is 12.7. The number of piperidine rings is 1. The summed E-state index contributed by atoms with van der Waals surface area (Å²) in [6.07, 6.45) is 5.09. The summed E-state index contributed by atoms with van der Waals surface area (Å²) in [5.74, 6) is 1.79. The van der Waals surface area contributed by atoms with E-state index in [1.54, 1.807) is 0 Å². The predicted molar refractivity (Wildman–Crippen MR) is 138 cm³/mol. The Morgan fingerprint density at radius 1 is 1.11 bits per heavy atom. The first-order chi connectivity index (χ1) is 16.9. The Kier molecular flexibility index (Phi) is 8.11. The summed E-state index contributed by atoms with van der Waals surface area (Å²) >= 11 is 0. The fourth-order valence-corrected chi connectivity index (χ4v) is 4.65. The van der Waals surface area contributed by atoms with Gasteiger partial charge < -0.3 is 19.2 Å². The van der Waals surface area contributed by atoms with Crippen molar-refractivity contribution < 1.29 is 19.1 Å². The van der Waals surface area contributed by atoms with Crippen LogP contribution in [0.5, 0.6) is 5.75 Å². The number of benzene rings is 2. The molecule has 35 heavy (non-hydrogen) atoms. The fourth-order valence-electron chi connectivity index (χ4n) is 4.65. The lowest BCUT2D eigenvalue weighted by Crippen LogP contribution is -2.29. The van der Waals surface area contributed by atoms with Crippen LogP contribution in [0.15, 0.2) is 46.9 Å². The Morgan fingerprint density at radius 2 is 1.91 bits per heavy atom. The van der Waals surface area contributed by atoms with Crippen molar-refractivity contribution in [3.05, 3.63) is 65.0 Å². The molecule has 186 valence electrons. The summed E-state index contributed by atoms with van der Waals surface area (Å²) < 4.78 is 12.3. The maximum atomic E-state index is 10.8. The molecule has 3 aromatic rings. The van der Waals surface area contributed by atoms with E-state index in [9.17, 15) is 4.79 Å². The number of aromatic nitrogens is 1. The molecule has 0 unspecified atom stereocenters. The molecule has 1 aliphatic rings. The van der Waals surface area contributed by atoms with Crippen LogP contribution in [0, 0.1) is 6.92 Å².